The number of aromatic carboxylic acids is 1. The van der Waals surface area contributed by atoms with Gasteiger partial charge in [-0.3, -0.25) is 4.79 Å². The van der Waals surface area contributed by atoms with E-state index in [0.29, 0.717) is 17.8 Å². The van der Waals surface area contributed by atoms with Crippen LogP contribution >= 0.6 is 11.3 Å². The molecular weight excluding hydrogens is 254 g/mol. The average Bonchev–Trinajstić information content (AvgIpc) is 2.99. The number of nitrogens with one attached hydrogen (secondary N) is 2. The number of aromatic nitrogens is 2. The minimum atomic E-state index is -1.02. The fraction of sp³-hybridized carbons (Fsp3) is 0.182. The predicted octanol–water partition coefficient (Wildman–Crippen LogP) is 1.14. The molecule has 0 saturated heterocycles. The standard InChI is InChI=1S/C11H11N3O3S/c15-10(8-1-2-9(18-8)11(16)17)13-4-3-7-5-12-6-14-7/h1-2,5-6H,3-4H2,(H,12,14)(H,13,15)(H,16,17). The van der Waals surface area contributed by atoms with Gasteiger partial charge in [-0.1, -0.05) is 0 Å². The molecule has 2 aromatic heterocycles. The first kappa shape index (κ1) is 12.3. The quantitative estimate of drug-likeness (QED) is 0.755. The first-order chi connectivity index (χ1) is 8.66. The molecule has 18 heavy (non-hydrogen) atoms. The third-order valence-corrected chi connectivity index (χ3v) is 3.35. The van der Waals surface area contributed by atoms with Gasteiger partial charge in [-0.05, 0) is 12.1 Å². The van der Waals surface area contributed by atoms with E-state index in [1.165, 1.54) is 12.1 Å². The van der Waals surface area contributed by atoms with Crippen molar-refractivity contribution in [3.8, 4) is 0 Å². The lowest BCUT2D eigenvalue weighted by molar-refractivity contribution is 0.0702. The van der Waals surface area contributed by atoms with Crippen molar-refractivity contribution in [2.24, 2.45) is 0 Å². The topological polar surface area (TPSA) is 95.1 Å². The second-order valence-corrected chi connectivity index (χ2v) is 4.64. The summed E-state index contributed by atoms with van der Waals surface area (Å²) in [5.74, 6) is -1.27. The third kappa shape index (κ3) is 2.95. The third-order valence-electron chi connectivity index (χ3n) is 2.28. The molecular formula is C11H11N3O3S. The summed E-state index contributed by atoms with van der Waals surface area (Å²) in [4.78, 5) is 29.7. The van der Waals surface area contributed by atoms with Crippen LogP contribution < -0.4 is 5.32 Å². The Morgan fingerprint density at radius 3 is 2.78 bits per heavy atom. The summed E-state index contributed by atoms with van der Waals surface area (Å²) in [6, 6.07) is 2.94. The Morgan fingerprint density at radius 2 is 2.17 bits per heavy atom. The van der Waals surface area contributed by atoms with Crippen LogP contribution in [0.3, 0.4) is 0 Å². The van der Waals surface area contributed by atoms with Crippen LogP contribution in [-0.4, -0.2) is 33.5 Å². The zero-order chi connectivity index (χ0) is 13.0. The summed E-state index contributed by atoms with van der Waals surface area (Å²) in [6.45, 7) is 0.474. The lowest BCUT2D eigenvalue weighted by Crippen LogP contribution is -2.24. The number of amides is 1. The van der Waals surface area contributed by atoms with Gasteiger partial charge in [-0.15, -0.1) is 11.3 Å². The molecule has 0 aliphatic carbocycles. The van der Waals surface area contributed by atoms with Gasteiger partial charge in [-0.25, -0.2) is 9.78 Å². The van der Waals surface area contributed by atoms with E-state index in [-0.39, 0.29) is 10.8 Å². The summed E-state index contributed by atoms with van der Waals surface area (Å²) >= 11 is 0.965. The summed E-state index contributed by atoms with van der Waals surface area (Å²) in [5.41, 5.74) is 0.938. The number of carbonyl (C=O) groups excluding carboxylic acids is 1. The molecule has 0 fully saturated rings. The molecule has 0 unspecified atom stereocenters. The van der Waals surface area contributed by atoms with E-state index in [1.807, 2.05) is 0 Å². The molecule has 0 radical (unpaired) electrons. The van der Waals surface area contributed by atoms with E-state index in [0.717, 1.165) is 17.0 Å². The van der Waals surface area contributed by atoms with Crippen molar-refractivity contribution in [1.29, 1.82) is 0 Å². The molecule has 0 aliphatic heterocycles. The van der Waals surface area contributed by atoms with Crippen molar-refractivity contribution >= 4 is 23.2 Å². The SMILES string of the molecule is O=C(O)c1ccc(C(=O)NCCc2cnc[nH]2)s1. The first-order valence-corrected chi connectivity index (χ1v) is 6.07. The van der Waals surface area contributed by atoms with Crippen molar-refractivity contribution in [2.45, 2.75) is 6.42 Å². The molecule has 6 nitrogen and oxygen atoms in total. The molecule has 3 N–H and O–H groups in total. The van der Waals surface area contributed by atoms with Gasteiger partial charge in [0.05, 0.1) is 11.2 Å². The monoisotopic (exact) mass is 265 g/mol. The highest BCUT2D eigenvalue weighted by molar-refractivity contribution is 7.15. The Balaban J connectivity index is 1.85. The van der Waals surface area contributed by atoms with Crippen LogP contribution in [0.25, 0.3) is 0 Å². The molecule has 1 amide bonds. The molecule has 0 saturated carbocycles. The van der Waals surface area contributed by atoms with Crippen molar-refractivity contribution in [2.75, 3.05) is 6.54 Å². The molecule has 0 bridgehead atoms. The Morgan fingerprint density at radius 1 is 1.39 bits per heavy atom. The van der Waals surface area contributed by atoms with E-state index in [2.05, 4.69) is 15.3 Å². The highest BCUT2D eigenvalue weighted by Gasteiger charge is 2.12. The largest absolute Gasteiger partial charge is 0.477 e. The number of carboxylic acid groups (broad SMARTS) is 1. The molecule has 2 rings (SSSR count). The number of imidazole rings is 1. The van der Waals surface area contributed by atoms with Gasteiger partial charge >= 0.3 is 5.97 Å². The van der Waals surface area contributed by atoms with Gasteiger partial charge in [-0.2, -0.15) is 0 Å². The molecule has 0 atom stereocenters. The minimum absolute atomic E-state index is 0.161. The number of hydrogen-bond acceptors (Lipinski definition) is 4. The van der Waals surface area contributed by atoms with Crippen molar-refractivity contribution in [3.63, 3.8) is 0 Å². The summed E-state index contributed by atoms with van der Waals surface area (Å²) in [5, 5.41) is 11.5. The van der Waals surface area contributed by atoms with E-state index in [1.54, 1.807) is 12.5 Å². The highest BCUT2D eigenvalue weighted by Crippen LogP contribution is 2.16. The summed E-state index contributed by atoms with van der Waals surface area (Å²) in [6.07, 6.45) is 3.93. The first-order valence-electron chi connectivity index (χ1n) is 5.25. The van der Waals surface area contributed by atoms with Crippen molar-refractivity contribution < 1.29 is 14.7 Å². The smallest absolute Gasteiger partial charge is 0.345 e. The molecule has 2 aromatic rings. The number of H-pyrrole nitrogens is 1. The maximum Gasteiger partial charge on any atom is 0.345 e. The van der Waals surface area contributed by atoms with Gasteiger partial charge in [0.1, 0.15) is 4.88 Å². The van der Waals surface area contributed by atoms with Crippen LogP contribution in [0.2, 0.25) is 0 Å². The highest BCUT2D eigenvalue weighted by atomic mass is 32.1. The number of aromatic amines is 1. The summed E-state index contributed by atoms with van der Waals surface area (Å²) in [7, 11) is 0. The molecule has 94 valence electrons. The van der Waals surface area contributed by atoms with Gasteiger partial charge < -0.3 is 15.4 Å². The number of nitrogens with zero attached hydrogens (tertiary/aromatic N) is 1. The lowest BCUT2D eigenvalue weighted by atomic mass is 10.3. The van der Waals surface area contributed by atoms with Gasteiger partial charge in [0.15, 0.2) is 0 Å². The van der Waals surface area contributed by atoms with Gasteiger partial charge in [0.2, 0.25) is 0 Å². The van der Waals surface area contributed by atoms with Crippen LogP contribution in [0.4, 0.5) is 0 Å². The number of hydrogen-bond donors (Lipinski definition) is 3. The van der Waals surface area contributed by atoms with Crippen LogP contribution in [-0.2, 0) is 6.42 Å². The second-order valence-electron chi connectivity index (χ2n) is 3.55. The van der Waals surface area contributed by atoms with Gasteiger partial charge in [0.25, 0.3) is 5.91 Å². The lowest BCUT2D eigenvalue weighted by Gasteiger charge is -2.01. The maximum absolute atomic E-state index is 11.7. The Hall–Kier alpha value is -2.15. The van der Waals surface area contributed by atoms with Crippen molar-refractivity contribution in [1.82, 2.24) is 15.3 Å². The van der Waals surface area contributed by atoms with Crippen molar-refractivity contribution in [3.05, 3.63) is 40.1 Å². The molecule has 0 spiro atoms. The number of rotatable bonds is 5. The average molecular weight is 265 g/mol. The molecule has 7 heteroatoms. The summed E-state index contributed by atoms with van der Waals surface area (Å²) < 4.78 is 0. The normalized spacial score (nSPS) is 10.2. The van der Waals surface area contributed by atoms with Crippen LogP contribution in [0.15, 0.2) is 24.7 Å². The fourth-order valence-electron chi connectivity index (χ4n) is 1.39. The van der Waals surface area contributed by atoms with Crippen LogP contribution in [0, 0.1) is 0 Å². The van der Waals surface area contributed by atoms with Crippen LogP contribution in [0.5, 0.6) is 0 Å². The van der Waals surface area contributed by atoms with E-state index in [9.17, 15) is 9.59 Å². The number of thiophene rings is 1. The van der Waals surface area contributed by atoms with E-state index >= 15 is 0 Å². The predicted molar refractivity (Wildman–Crippen MR) is 65.9 cm³/mol. The van der Waals surface area contributed by atoms with Gasteiger partial charge in [0, 0.05) is 24.9 Å². The zero-order valence-electron chi connectivity index (χ0n) is 9.34. The zero-order valence-corrected chi connectivity index (χ0v) is 10.2. The fourth-order valence-corrected chi connectivity index (χ4v) is 2.16. The Bertz CT molecular complexity index is 548. The second kappa shape index (κ2) is 5.46. The van der Waals surface area contributed by atoms with Crippen LogP contribution in [0.1, 0.15) is 25.0 Å². The Labute approximate surface area is 107 Å². The maximum atomic E-state index is 11.7. The van der Waals surface area contributed by atoms with E-state index in [4.69, 9.17) is 5.11 Å². The molecule has 2 heterocycles. The Kier molecular flexibility index (Phi) is 3.73. The molecule has 0 aromatic carbocycles. The van der Waals surface area contributed by atoms with E-state index < -0.39 is 5.97 Å². The minimum Gasteiger partial charge on any atom is -0.477 e. The number of carbonyl (C=O) groups is 2. The number of carboxylic acids is 1. The molecule has 0 aliphatic rings.